The third-order valence-corrected chi connectivity index (χ3v) is 5.77. The van der Waals surface area contributed by atoms with Crippen LogP contribution in [0.5, 0.6) is 0 Å². The predicted octanol–water partition coefficient (Wildman–Crippen LogP) is 3.08. The van der Waals surface area contributed by atoms with Crippen molar-refractivity contribution in [3.63, 3.8) is 0 Å². The van der Waals surface area contributed by atoms with Crippen LogP contribution in [0, 0.1) is 0 Å². The Kier molecular flexibility index (Phi) is 13.1. The Morgan fingerprint density at radius 1 is 1.23 bits per heavy atom. The molecule has 0 radical (unpaired) electrons. The molecule has 0 aliphatic carbocycles. The van der Waals surface area contributed by atoms with Crippen LogP contribution in [0.4, 0.5) is 0 Å². The van der Waals surface area contributed by atoms with E-state index < -0.39 is 0 Å². The van der Waals surface area contributed by atoms with Gasteiger partial charge >= 0.3 is 0 Å². The number of benzene rings is 1. The van der Waals surface area contributed by atoms with E-state index in [0.717, 1.165) is 82.9 Å². The normalized spacial score (nSPS) is 20.8. The molecular weight excluding hydrogens is 531 g/mol. The average Bonchev–Trinajstić information content (AvgIpc) is 3.30. The van der Waals surface area contributed by atoms with Crippen molar-refractivity contribution in [3.8, 4) is 0 Å². The summed E-state index contributed by atoms with van der Waals surface area (Å²) in [6, 6.07) is 8.35. The molecule has 2 heterocycles. The van der Waals surface area contributed by atoms with Crippen LogP contribution in [-0.2, 0) is 14.2 Å². The van der Waals surface area contributed by atoms with Crippen LogP contribution in [0.25, 0.3) is 0 Å². The number of morpholine rings is 1. The summed E-state index contributed by atoms with van der Waals surface area (Å²) in [7, 11) is 1.80. The second-order valence-electron chi connectivity index (χ2n) is 7.66. The molecule has 2 N–H and O–H groups in total. The fraction of sp³-hybridized carbons (Fsp3) is 0.682. The third kappa shape index (κ3) is 9.39. The lowest BCUT2D eigenvalue weighted by Gasteiger charge is -2.35. The Morgan fingerprint density at radius 3 is 2.68 bits per heavy atom. The first-order valence-corrected chi connectivity index (χ1v) is 11.3. The number of nitrogens with zero attached hydrogens (tertiary/aromatic N) is 2. The molecule has 2 saturated heterocycles. The Balaban J connectivity index is 0.00000341. The highest BCUT2D eigenvalue weighted by atomic mass is 127. The fourth-order valence-corrected chi connectivity index (χ4v) is 3.94. The number of nitrogens with one attached hydrogen (secondary N) is 2. The van der Waals surface area contributed by atoms with Gasteiger partial charge in [0.15, 0.2) is 5.96 Å². The number of guanidine groups is 1. The molecule has 2 atom stereocenters. The van der Waals surface area contributed by atoms with Crippen molar-refractivity contribution in [3.05, 3.63) is 34.9 Å². The molecule has 2 aliphatic heterocycles. The Bertz CT molecular complexity index is 638. The van der Waals surface area contributed by atoms with Gasteiger partial charge in [-0.2, -0.15) is 0 Å². The molecule has 7 nitrogen and oxygen atoms in total. The van der Waals surface area contributed by atoms with Crippen LogP contribution in [0.1, 0.15) is 30.9 Å². The van der Waals surface area contributed by atoms with Crippen LogP contribution >= 0.6 is 35.6 Å². The van der Waals surface area contributed by atoms with Gasteiger partial charge in [0.2, 0.25) is 0 Å². The van der Waals surface area contributed by atoms with Gasteiger partial charge < -0.3 is 24.8 Å². The van der Waals surface area contributed by atoms with Gasteiger partial charge in [-0.25, -0.2) is 0 Å². The van der Waals surface area contributed by atoms with Gasteiger partial charge in [0.1, 0.15) is 0 Å². The number of hydrogen-bond acceptors (Lipinski definition) is 5. The van der Waals surface area contributed by atoms with Crippen LogP contribution in [0.2, 0.25) is 5.02 Å². The Morgan fingerprint density at radius 2 is 2.00 bits per heavy atom. The molecule has 0 bridgehead atoms. The van der Waals surface area contributed by atoms with Gasteiger partial charge in [0.25, 0.3) is 0 Å². The lowest BCUT2D eigenvalue weighted by Crippen LogP contribution is -2.46. The highest BCUT2D eigenvalue weighted by Gasteiger charge is 2.23. The lowest BCUT2D eigenvalue weighted by molar-refractivity contribution is 0.0165. The standard InChI is InChI=1S/C22H35ClN4O3.HI/c1-24-22(25-9-3-12-29-17-20-4-2-13-30-20)26-16-21(27-10-14-28-15-11-27)18-5-7-19(23)8-6-18;/h5-8,20-21H,2-4,9-17H2,1H3,(H2,24,25,26);1H. The minimum absolute atomic E-state index is 0. The molecule has 1 aromatic carbocycles. The molecule has 176 valence electrons. The fourth-order valence-electron chi connectivity index (χ4n) is 3.82. The minimum Gasteiger partial charge on any atom is -0.379 e. The summed E-state index contributed by atoms with van der Waals surface area (Å²) < 4.78 is 16.8. The zero-order valence-corrected chi connectivity index (χ0v) is 21.4. The van der Waals surface area contributed by atoms with Crippen molar-refractivity contribution in [1.82, 2.24) is 15.5 Å². The summed E-state index contributed by atoms with van der Waals surface area (Å²) in [6.45, 7) is 7.25. The van der Waals surface area contributed by atoms with Gasteiger partial charge in [-0.15, -0.1) is 24.0 Å². The van der Waals surface area contributed by atoms with E-state index in [1.807, 2.05) is 12.1 Å². The lowest BCUT2D eigenvalue weighted by atomic mass is 10.0. The summed E-state index contributed by atoms with van der Waals surface area (Å²) in [5, 5.41) is 7.61. The summed E-state index contributed by atoms with van der Waals surface area (Å²) in [5.74, 6) is 0.807. The quantitative estimate of drug-likeness (QED) is 0.196. The van der Waals surface area contributed by atoms with Gasteiger partial charge in [-0.1, -0.05) is 23.7 Å². The number of hydrogen-bond donors (Lipinski definition) is 2. The first-order valence-electron chi connectivity index (χ1n) is 11.0. The maximum atomic E-state index is 6.09. The molecule has 0 spiro atoms. The molecule has 1 aromatic rings. The van der Waals surface area contributed by atoms with E-state index in [2.05, 4.69) is 32.7 Å². The SMILES string of the molecule is CN=C(NCCCOCC1CCCO1)NCC(c1ccc(Cl)cc1)N1CCOCC1.I. The topological polar surface area (TPSA) is 67.4 Å². The molecule has 2 unspecified atom stereocenters. The average molecular weight is 567 g/mol. The zero-order valence-electron chi connectivity index (χ0n) is 18.4. The molecule has 0 amide bonds. The summed E-state index contributed by atoms with van der Waals surface area (Å²) in [6.07, 6.45) is 3.49. The van der Waals surface area contributed by atoms with E-state index in [1.54, 1.807) is 7.05 Å². The van der Waals surface area contributed by atoms with Crippen LogP contribution in [-0.4, -0.2) is 83.2 Å². The van der Waals surface area contributed by atoms with Gasteiger partial charge in [-0.05, 0) is 37.0 Å². The smallest absolute Gasteiger partial charge is 0.191 e. The maximum absolute atomic E-state index is 6.09. The van der Waals surface area contributed by atoms with Crippen LogP contribution in [0.15, 0.2) is 29.3 Å². The van der Waals surface area contributed by atoms with E-state index >= 15 is 0 Å². The summed E-state index contributed by atoms with van der Waals surface area (Å²) in [4.78, 5) is 6.81. The molecule has 31 heavy (non-hydrogen) atoms. The highest BCUT2D eigenvalue weighted by molar-refractivity contribution is 14.0. The first-order chi connectivity index (χ1) is 14.8. The van der Waals surface area contributed by atoms with Crippen molar-refractivity contribution >= 4 is 41.5 Å². The monoisotopic (exact) mass is 566 g/mol. The highest BCUT2D eigenvalue weighted by Crippen LogP contribution is 2.23. The van der Waals surface area contributed by atoms with Crippen LogP contribution < -0.4 is 10.6 Å². The summed E-state index contributed by atoms with van der Waals surface area (Å²) >= 11 is 6.09. The van der Waals surface area contributed by atoms with Crippen molar-refractivity contribution < 1.29 is 14.2 Å². The molecule has 0 saturated carbocycles. The molecule has 0 aromatic heterocycles. The van der Waals surface area contributed by atoms with E-state index in [4.69, 9.17) is 25.8 Å². The van der Waals surface area contributed by atoms with Gasteiger partial charge in [0.05, 0.1) is 32.0 Å². The first kappa shape index (κ1) is 26.6. The van der Waals surface area contributed by atoms with Gasteiger partial charge in [0, 0.05) is 51.5 Å². The van der Waals surface area contributed by atoms with E-state index in [1.165, 1.54) is 5.56 Å². The van der Waals surface area contributed by atoms with Crippen molar-refractivity contribution in [2.75, 3.05) is 66.3 Å². The van der Waals surface area contributed by atoms with Gasteiger partial charge in [-0.3, -0.25) is 9.89 Å². The molecule has 3 rings (SSSR count). The number of rotatable bonds is 10. The number of halogens is 2. The Labute approximate surface area is 208 Å². The van der Waals surface area contributed by atoms with Crippen molar-refractivity contribution in [2.45, 2.75) is 31.4 Å². The van der Waals surface area contributed by atoms with Crippen LogP contribution in [0.3, 0.4) is 0 Å². The molecule has 2 aliphatic rings. The number of aliphatic imine (C=N–C) groups is 1. The Hall–Kier alpha value is -0.650. The maximum Gasteiger partial charge on any atom is 0.191 e. The zero-order chi connectivity index (χ0) is 21.0. The van der Waals surface area contributed by atoms with E-state index in [-0.39, 0.29) is 36.1 Å². The van der Waals surface area contributed by atoms with Crippen molar-refractivity contribution in [1.29, 1.82) is 0 Å². The minimum atomic E-state index is 0. The second kappa shape index (κ2) is 15.2. The molecule has 9 heteroatoms. The summed E-state index contributed by atoms with van der Waals surface area (Å²) in [5.41, 5.74) is 1.24. The second-order valence-corrected chi connectivity index (χ2v) is 8.10. The molecule has 2 fully saturated rings. The molecular formula is C22H36ClIN4O3. The third-order valence-electron chi connectivity index (χ3n) is 5.51. The van der Waals surface area contributed by atoms with Crippen molar-refractivity contribution in [2.24, 2.45) is 4.99 Å². The van der Waals surface area contributed by atoms with E-state index in [0.29, 0.717) is 6.61 Å². The predicted molar refractivity (Wildman–Crippen MR) is 136 cm³/mol. The largest absolute Gasteiger partial charge is 0.379 e. The van der Waals surface area contributed by atoms with E-state index in [9.17, 15) is 0 Å². The number of ether oxygens (including phenoxy) is 3.